The summed E-state index contributed by atoms with van der Waals surface area (Å²) in [6, 6.07) is 0.674. The minimum atomic E-state index is 0.300. The first-order valence-corrected chi connectivity index (χ1v) is 5.81. The predicted molar refractivity (Wildman–Crippen MR) is 58.8 cm³/mol. The number of carbonyl (C=O) groups excluding carboxylic acids is 1. The van der Waals surface area contributed by atoms with Crippen LogP contribution in [0.1, 0.15) is 33.6 Å². The average Bonchev–Trinajstić information content (AvgIpc) is 2.04. The maximum atomic E-state index is 11.5. The van der Waals surface area contributed by atoms with E-state index in [1.807, 2.05) is 0 Å². The van der Waals surface area contributed by atoms with Gasteiger partial charge in [-0.3, -0.25) is 9.69 Å². The molecule has 2 unspecified atom stereocenters. The Balaban J connectivity index is 2.07. The topological polar surface area (TPSA) is 29.5 Å². The molecule has 86 valence electrons. The smallest absolute Gasteiger partial charge is 0.136 e. The van der Waals surface area contributed by atoms with E-state index in [4.69, 9.17) is 4.74 Å². The van der Waals surface area contributed by atoms with Gasteiger partial charge in [-0.2, -0.15) is 0 Å². The molecule has 2 saturated heterocycles. The quantitative estimate of drug-likeness (QED) is 0.657. The van der Waals surface area contributed by atoms with Crippen LogP contribution < -0.4 is 0 Å². The fourth-order valence-corrected chi connectivity index (χ4v) is 2.60. The van der Waals surface area contributed by atoms with E-state index >= 15 is 0 Å². The van der Waals surface area contributed by atoms with Crippen molar-refractivity contribution in [2.24, 2.45) is 5.41 Å². The zero-order chi connectivity index (χ0) is 11.1. The molecule has 3 nitrogen and oxygen atoms in total. The van der Waals surface area contributed by atoms with E-state index in [2.05, 4.69) is 25.7 Å². The van der Waals surface area contributed by atoms with Gasteiger partial charge in [0.1, 0.15) is 5.78 Å². The highest BCUT2D eigenvalue weighted by molar-refractivity contribution is 5.80. The minimum absolute atomic E-state index is 0.300. The number of piperidine rings is 1. The van der Waals surface area contributed by atoms with E-state index in [0.29, 0.717) is 36.1 Å². The lowest BCUT2D eigenvalue weighted by Crippen LogP contribution is -2.58. The molecule has 0 N–H and O–H groups in total. The third-order valence-corrected chi connectivity index (χ3v) is 3.14. The number of nitrogens with zero attached hydrogens (tertiary/aromatic N) is 1. The maximum absolute atomic E-state index is 11.5. The highest BCUT2D eigenvalue weighted by atomic mass is 16.5. The van der Waals surface area contributed by atoms with Gasteiger partial charge in [-0.1, -0.05) is 20.8 Å². The Labute approximate surface area is 91.8 Å². The van der Waals surface area contributed by atoms with Crippen LogP contribution in [-0.2, 0) is 9.53 Å². The van der Waals surface area contributed by atoms with Gasteiger partial charge in [0.05, 0.1) is 13.2 Å². The molecule has 15 heavy (non-hydrogen) atoms. The van der Waals surface area contributed by atoms with E-state index < -0.39 is 0 Å². The first kappa shape index (κ1) is 11.1. The summed E-state index contributed by atoms with van der Waals surface area (Å²) in [5.74, 6) is 0.415. The number of rotatable bonds is 1. The van der Waals surface area contributed by atoms with Crippen LogP contribution in [0.5, 0.6) is 0 Å². The molecule has 2 fully saturated rings. The van der Waals surface area contributed by atoms with Crippen LogP contribution in [0.2, 0.25) is 0 Å². The summed E-state index contributed by atoms with van der Waals surface area (Å²) in [7, 11) is 0. The number of carbonyl (C=O) groups is 1. The van der Waals surface area contributed by atoms with Crippen LogP contribution in [0.15, 0.2) is 0 Å². The second kappa shape index (κ2) is 3.87. The van der Waals surface area contributed by atoms with Crippen molar-refractivity contribution in [2.45, 2.75) is 45.7 Å². The molecule has 0 aliphatic carbocycles. The predicted octanol–water partition coefficient (Wildman–Crippen LogP) is 1.46. The van der Waals surface area contributed by atoms with Gasteiger partial charge >= 0.3 is 0 Å². The maximum Gasteiger partial charge on any atom is 0.136 e. The number of ether oxygens (including phenoxy) is 1. The van der Waals surface area contributed by atoms with Crippen LogP contribution in [0.25, 0.3) is 0 Å². The highest BCUT2D eigenvalue weighted by Crippen LogP contribution is 2.29. The van der Waals surface area contributed by atoms with Crippen LogP contribution in [0.3, 0.4) is 0 Å². The SMILES string of the molecule is CC(C)(C)CN1C2COCC1CC(=O)C2. The number of Topliss-reactive ketones (excluding diaryl/α,β-unsaturated/α-hetero) is 1. The Kier molecular flexibility index (Phi) is 2.86. The van der Waals surface area contributed by atoms with Crippen molar-refractivity contribution in [3.63, 3.8) is 0 Å². The van der Waals surface area contributed by atoms with Crippen molar-refractivity contribution in [1.29, 1.82) is 0 Å². The van der Waals surface area contributed by atoms with Crippen molar-refractivity contribution in [3.8, 4) is 0 Å². The van der Waals surface area contributed by atoms with Gasteiger partial charge in [0, 0.05) is 31.5 Å². The number of hydrogen-bond acceptors (Lipinski definition) is 3. The Bertz CT molecular complexity index is 241. The summed E-state index contributed by atoms with van der Waals surface area (Å²) in [6.45, 7) is 9.29. The second-order valence-electron chi connectivity index (χ2n) is 6.03. The molecule has 0 amide bonds. The largest absolute Gasteiger partial charge is 0.378 e. The molecule has 2 bridgehead atoms. The third kappa shape index (κ3) is 2.58. The molecule has 2 aliphatic heterocycles. The molecule has 0 aromatic heterocycles. The monoisotopic (exact) mass is 211 g/mol. The van der Waals surface area contributed by atoms with Gasteiger partial charge in [0.2, 0.25) is 0 Å². The molecule has 2 atom stereocenters. The summed E-state index contributed by atoms with van der Waals surface area (Å²) in [6.07, 6.45) is 1.37. The zero-order valence-electron chi connectivity index (χ0n) is 9.95. The molecular weight excluding hydrogens is 190 g/mol. The summed E-state index contributed by atoms with van der Waals surface area (Å²) in [5.41, 5.74) is 0.300. The zero-order valence-corrected chi connectivity index (χ0v) is 9.95. The summed E-state index contributed by atoms with van der Waals surface area (Å²) in [5, 5.41) is 0. The Morgan fingerprint density at radius 3 is 2.27 bits per heavy atom. The number of ketones is 1. The van der Waals surface area contributed by atoms with Crippen molar-refractivity contribution in [2.75, 3.05) is 19.8 Å². The van der Waals surface area contributed by atoms with Crippen molar-refractivity contribution < 1.29 is 9.53 Å². The van der Waals surface area contributed by atoms with Crippen LogP contribution >= 0.6 is 0 Å². The highest BCUT2D eigenvalue weighted by Gasteiger charge is 2.39. The van der Waals surface area contributed by atoms with Crippen molar-refractivity contribution >= 4 is 5.78 Å². The van der Waals surface area contributed by atoms with Crippen LogP contribution in [-0.4, -0.2) is 42.5 Å². The van der Waals surface area contributed by atoms with Gasteiger partial charge in [0.15, 0.2) is 0 Å². The average molecular weight is 211 g/mol. The van der Waals surface area contributed by atoms with Gasteiger partial charge in [0.25, 0.3) is 0 Å². The Morgan fingerprint density at radius 2 is 1.80 bits per heavy atom. The first-order chi connectivity index (χ1) is 6.96. The fraction of sp³-hybridized carbons (Fsp3) is 0.917. The van der Waals surface area contributed by atoms with Gasteiger partial charge < -0.3 is 4.74 Å². The lowest BCUT2D eigenvalue weighted by atomic mass is 9.88. The number of fused-ring (bicyclic) bond motifs is 2. The van der Waals surface area contributed by atoms with E-state index in [1.165, 1.54) is 0 Å². The standard InChI is InChI=1S/C12H21NO2/c1-12(2,3)8-13-9-4-11(14)5-10(13)7-15-6-9/h9-10H,4-8H2,1-3H3. The molecule has 2 rings (SSSR count). The molecule has 3 heteroatoms. The molecule has 2 aliphatic rings. The number of morpholine rings is 1. The molecule has 0 radical (unpaired) electrons. The molecule has 2 heterocycles. The normalized spacial score (nSPS) is 33.1. The van der Waals surface area contributed by atoms with E-state index in [-0.39, 0.29) is 0 Å². The lowest BCUT2D eigenvalue weighted by molar-refractivity contribution is -0.137. The summed E-state index contributed by atoms with van der Waals surface area (Å²) in [4.78, 5) is 14.0. The van der Waals surface area contributed by atoms with Crippen LogP contribution in [0.4, 0.5) is 0 Å². The molecule has 0 spiro atoms. The Morgan fingerprint density at radius 1 is 1.27 bits per heavy atom. The summed E-state index contributed by atoms with van der Waals surface area (Å²) >= 11 is 0. The Hall–Kier alpha value is -0.410. The van der Waals surface area contributed by atoms with Crippen molar-refractivity contribution in [3.05, 3.63) is 0 Å². The van der Waals surface area contributed by atoms with Gasteiger partial charge in [-0.05, 0) is 5.41 Å². The van der Waals surface area contributed by atoms with Crippen LogP contribution in [0, 0.1) is 5.41 Å². The summed E-state index contributed by atoms with van der Waals surface area (Å²) < 4.78 is 5.54. The lowest BCUT2D eigenvalue weighted by Gasteiger charge is -2.47. The molecular formula is C12H21NO2. The van der Waals surface area contributed by atoms with Gasteiger partial charge in [-0.15, -0.1) is 0 Å². The van der Waals surface area contributed by atoms with Crippen molar-refractivity contribution in [1.82, 2.24) is 4.90 Å². The van der Waals surface area contributed by atoms with E-state index in [9.17, 15) is 4.79 Å². The molecule has 0 saturated carbocycles. The number of hydrogen-bond donors (Lipinski definition) is 0. The molecule has 0 aromatic carbocycles. The third-order valence-electron chi connectivity index (χ3n) is 3.14. The van der Waals surface area contributed by atoms with Gasteiger partial charge in [-0.25, -0.2) is 0 Å². The fourth-order valence-electron chi connectivity index (χ4n) is 2.60. The van der Waals surface area contributed by atoms with E-state index in [1.54, 1.807) is 0 Å². The van der Waals surface area contributed by atoms with E-state index in [0.717, 1.165) is 19.8 Å². The molecule has 0 aromatic rings. The minimum Gasteiger partial charge on any atom is -0.378 e. The first-order valence-electron chi connectivity index (χ1n) is 5.81. The second-order valence-corrected chi connectivity index (χ2v) is 6.03.